The lowest BCUT2D eigenvalue weighted by Crippen LogP contribution is -2.45. The molecule has 0 unspecified atom stereocenters. The van der Waals surface area contributed by atoms with E-state index in [1.54, 1.807) is 6.07 Å². The molecule has 0 atom stereocenters. The first-order valence-electron chi connectivity index (χ1n) is 7.34. The molecule has 1 amide bonds. The molecule has 21 heavy (non-hydrogen) atoms. The number of benzene rings is 1. The molecule has 2 rings (SSSR count). The normalized spacial score (nSPS) is 17.0. The Labute approximate surface area is 124 Å². The van der Waals surface area contributed by atoms with Crippen LogP contribution in [0.25, 0.3) is 0 Å². The van der Waals surface area contributed by atoms with Gasteiger partial charge in [0.05, 0.1) is 11.1 Å². The number of carbonyl (C=O) groups is 1. The lowest BCUT2D eigenvalue weighted by Gasteiger charge is -2.36. The third-order valence-corrected chi connectivity index (χ3v) is 4.14. The summed E-state index contributed by atoms with van der Waals surface area (Å²) in [6.45, 7) is 3.67. The van der Waals surface area contributed by atoms with Gasteiger partial charge in [0.25, 0.3) is 0 Å². The molecule has 5 heteroatoms. The number of piperidine rings is 1. The number of hydrogen-bond donors (Lipinski definition) is 2. The van der Waals surface area contributed by atoms with Gasteiger partial charge in [-0.05, 0) is 44.5 Å². The fourth-order valence-corrected chi connectivity index (χ4v) is 2.97. The summed E-state index contributed by atoms with van der Waals surface area (Å²) < 4.78 is 13.6. The number of amides is 1. The molecule has 0 radical (unpaired) electrons. The predicted molar refractivity (Wildman–Crippen MR) is 79.2 cm³/mol. The summed E-state index contributed by atoms with van der Waals surface area (Å²) >= 11 is 0. The third-order valence-electron chi connectivity index (χ3n) is 4.14. The van der Waals surface area contributed by atoms with Crippen LogP contribution in [-0.2, 0) is 4.79 Å². The van der Waals surface area contributed by atoms with Crippen molar-refractivity contribution in [3.63, 3.8) is 0 Å². The molecular formula is C16H20FN3O. The Kier molecular flexibility index (Phi) is 4.92. The maximum atomic E-state index is 13.6. The van der Waals surface area contributed by atoms with Crippen LogP contribution >= 0.6 is 0 Å². The molecule has 0 bridgehead atoms. The molecular weight excluding hydrogens is 269 g/mol. The van der Waals surface area contributed by atoms with Crippen molar-refractivity contribution in [1.82, 2.24) is 5.32 Å². The molecule has 1 saturated heterocycles. The van der Waals surface area contributed by atoms with Crippen LogP contribution in [0.1, 0.15) is 38.2 Å². The third kappa shape index (κ3) is 3.22. The Morgan fingerprint density at radius 2 is 2.19 bits per heavy atom. The van der Waals surface area contributed by atoms with Crippen molar-refractivity contribution in [2.24, 2.45) is 5.41 Å². The second-order valence-corrected chi connectivity index (χ2v) is 5.51. The Bertz CT molecular complexity index is 554. The average Bonchev–Trinajstić information content (AvgIpc) is 2.49. The van der Waals surface area contributed by atoms with E-state index in [1.807, 2.05) is 6.07 Å². The summed E-state index contributed by atoms with van der Waals surface area (Å²) in [6.07, 6.45) is 3.26. The largest absolute Gasteiger partial charge is 0.324 e. The first-order chi connectivity index (χ1) is 10.1. The molecule has 1 heterocycles. The molecule has 0 saturated carbocycles. The molecule has 1 aromatic rings. The van der Waals surface area contributed by atoms with E-state index in [-0.39, 0.29) is 17.2 Å². The number of nitriles is 1. The summed E-state index contributed by atoms with van der Waals surface area (Å²) in [5, 5.41) is 15.1. The molecule has 0 spiro atoms. The number of anilines is 1. The van der Waals surface area contributed by atoms with E-state index < -0.39 is 11.2 Å². The van der Waals surface area contributed by atoms with Gasteiger partial charge in [-0.1, -0.05) is 19.4 Å². The van der Waals surface area contributed by atoms with Crippen LogP contribution in [0.2, 0.25) is 0 Å². The minimum Gasteiger partial charge on any atom is -0.324 e. The monoisotopic (exact) mass is 289 g/mol. The number of halogens is 1. The summed E-state index contributed by atoms with van der Waals surface area (Å²) in [5.41, 5.74) is -0.262. The molecule has 0 aromatic heterocycles. The predicted octanol–water partition coefficient (Wildman–Crippen LogP) is 2.81. The minimum atomic E-state index is -0.606. The highest BCUT2D eigenvalue weighted by atomic mass is 19.1. The van der Waals surface area contributed by atoms with E-state index in [0.717, 1.165) is 38.8 Å². The minimum absolute atomic E-state index is 0.104. The Morgan fingerprint density at radius 3 is 2.81 bits per heavy atom. The Hall–Kier alpha value is -1.93. The molecule has 1 aromatic carbocycles. The Balaban J connectivity index is 2.24. The molecule has 112 valence electrons. The van der Waals surface area contributed by atoms with Gasteiger partial charge in [0, 0.05) is 0 Å². The lowest BCUT2D eigenvalue weighted by molar-refractivity contribution is -0.127. The highest BCUT2D eigenvalue weighted by Gasteiger charge is 2.38. The van der Waals surface area contributed by atoms with Gasteiger partial charge < -0.3 is 10.6 Å². The van der Waals surface area contributed by atoms with Gasteiger partial charge in [0.2, 0.25) is 5.91 Å². The first kappa shape index (κ1) is 15.5. The number of rotatable bonds is 4. The van der Waals surface area contributed by atoms with Crippen LogP contribution in [0.3, 0.4) is 0 Å². The number of nitrogens with one attached hydrogen (secondary N) is 2. The van der Waals surface area contributed by atoms with Gasteiger partial charge in [-0.15, -0.1) is 0 Å². The Morgan fingerprint density at radius 1 is 1.48 bits per heavy atom. The highest BCUT2D eigenvalue weighted by molar-refractivity contribution is 5.96. The smallest absolute Gasteiger partial charge is 0.230 e. The van der Waals surface area contributed by atoms with Crippen molar-refractivity contribution in [2.75, 3.05) is 18.4 Å². The molecule has 2 N–H and O–H groups in total. The topological polar surface area (TPSA) is 64.9 Å². The van der Waals surface area contributed by atoms with Gasteiger partial charge >= 0.3 is 0 Å². The van der Waals surface area contributed by atoms with Crippen LogP contribution in [-0.4, -0.2) is 19.0 Å². The average molecular weight is 289 g/mol. The number of carbonyl (C=O) groups excluding carboxylic acids is 1. The molecule has 4 nitrogen and oxygen atoms in total. The lowest BCUT2D eigenvalue weighted by atomic mass is 9.74. The van der Waals surface area contributed by atoms with E-state index in [9.17, 15) is 9.18 Å². The van der Waals surface area contributed by atoms with Crippen molar-refractivity contribution in [2.45, 2.75) is 32.6 Å². The maximum Gasteiger partial charge on any atom is 0.230 e. The summed E-state index contributed by atoms with van der Waals surface area (Å²) in [6, 6.07) is 6.11. The van der Waals surface area contributed by atoms with Crippen molar-refractivity contribution < 1.29 is 9.18 Å². The van der Waals surface area contributed by atoms with Crippen LogP contribution in [0.15, 0.2) is 18.2 Å². The van der Waals surface area contributed by atoms with Crippen LogP contribution in [0.5, 0.6) is 0 Å². The zero-order valence-corrected chi connectivity index (χ0v) is 12.2. The molecule has 1 aliphatic rings. The first-order valence-corrected chi connectivity index (χ1v) is 7.34. The number of nitrogens with zero attached hydrogens (tertiary/aromatic N) is 1. The second-order valence-electron chi connectivity index (χ2n) is 5.51. The van der Waals surface area contributed by atoms with E-state index in [1.165, 1.54) is 12.1 Å². The van der Waals surface area contributed by atoms with Gasteiger partial charge in [-0.3, -0.25) is 4.79 Å². The van der Waals surface area contributed by atoms with Crippen molar-refractivity contribution in [3.05, 3.63) is 29.6 Å². The van der Waals surface area contributed by atoms with Gasteiger partial charge in [0.15, 0.2) is 0 Å². The SMILES string of the molecule is CCCC1(C(=O)Nc2cccc(F)c2C#N)CCNCC1. The molecule has 1 fully saturated rings. The van der Waals surface area contributed by atoms with Crippen molar-refractivity contribution in [1.29, 1.82) is 5.26 Å². The quantitative estimate of drug-likeness (QED) is 0.895. The van der Waals surface area contributed by atoms with E-state index in [2.05, 4.69) is 17.6 Å². The standard InChI is InChI=1S/C16H20FN3O/c1-2-6-16(7-9-19-10-8-16)15(21)20-14-5-3-4-13(17)12(14)11-18/h3-5,19H,2,6-10H2,1H3,(H,20,21). The van der Waals surface area contributed by atoms with Gasteiger partial charge in [-0.2, -0.15) is 5.26 Å². The van der Waals surface area contributed by atoms with Crippen LogP contribution < -0.4 is 10.6 Å². The summed E-state index contributed by atoms with van der Waals surface area (Å²) in [7, 11) is 0. The van der Waals surface area contributed by atoms with E-state index in [4.69, 9.17) is 5.26 Å². The fraction of sp³-hybridized carbons (Fsp3) is 0.500. The van der Waals surface area contributed by atoms with Crippen molar-refractivity contribution >= 4 is 11.6 Å². The fourth-order valence-electron chi connectivity index (χ4n) is 2.97. The summed E-state index contributed by atoms with van der Waals surface area (Å²) in [4.78, 5) is 12.7. The van der Waals surface area contributed by atoms with Crippen LogP contribution in [0, 0.1) is 22.6 Å². The van der Waals surface area contributed by atoms with E-state index in [0.29, 0.717) is 0 Å². The van der Waals surface area contributed by atoms with Crippen molar-refractivity contribution in [3.8, 4) is 6.07 Å². The second kappa shape index (κ2) is 6.68. The molecule has 0 aliphatic carbocycles. The van der Waals surface area contributed by atoms with Gasteiger partial charge in [-0.25, -0.2) is 4.39 Å². The van der Waals surface area contributed by atoms with Gasteiger partial charge in [0.1, 0.15) is 17.4 Å². The van der Waals surface area contributed by atoms with Crippen LogP contribution in [0.4, 0.5) is 10.1 Å². The summed E-state index contributed by atoms with van der Waals surface area (Å²) in [5.74, 6) is -0.710. The number of hydrogen-bond acceptors (Lipinski definition) is 3. The zero-order valence-electron chi connectivity index (χ0n) is 12.2. The maximum absolute atomic E-state index is 13.6. The zero-order chi connectivity index (χ0) is 15.3. The highest BCUT2D eigenvalue weighted by Crippen LogP contribution is 2.35. The van der Waals surface area contributed by atoms with E-state index >= 15 is 0 Å². The molecule has 1 aliphatic heterocycles.